The zero-order valence-electron chi connectivity index (χ0n) is 11.5. The topological polar surface area (TPSA) is 66.6 Å². The summed E-state index contributed by atoms with van der Waals surface area (Å²) in [6.07, 6.45) is 1.76. The predicted octanol–water partition coefficient (Wildman–Crippen LogP) is 0.644. The zero-order chi connectivity index (χ0) is 14.3. The van der Waals surface area contributed by atoms with Crippen molar-refractivity contribution < 1.29 is 8.42 Å². The molecular formula is C14H19N3O2S. The monoisotopic (exact) mass is 293 g/mol. The Balaban J connectivity index is 1.85. The number of nitrogens with two attached hydrogens (primary N) is 1. The first-order chi connectivity index (χ1) is 9.48. The lowest BCUT2D eigenvalue weighted by Crippen LogP contribution is -2.45. The van der Waals surface area contributed by atoms with Gasteiger partial charge >= 0.3 is 0 Å². The minimum Gasteiger partial charge on any atom is -0.398 e. The molecule has 3 rings (SSSR count). The number of hydrogen-bond acceptors (Lipinski definition) is 5. The van der Waals surface area contributed by atoms with E-state index in [-0.39, 0.29) is 4.90 Å². The van der Waals surface area contributed by atoms with Crippen LogP contribution in [0.2, 0.25) is 0 Å². The molecule has 1 aromatic rings. The lowest BCUT2D eigenvalue weighted by Gasteiger charge is -2.32. The minimum absolute atomic E-state index is 0.282. The maximum Gasteiger partial charge on any atom is 0.206 e. The molecule has 0 unspecified atom stereocenters. The quantitative estimate of drug-likeness (QED) is 0.811. The third-order valence-electron chi connectivity index (χ3n) is 3.98. The smallest absolute Gasteiger partial charge is 0.206 e. The fraction of sp³-hybridized carbons (Fsp3) is 0.429. The Morgan fingerprint density at radius 1 is 1.20 bits per heavy atom. The fourth-order valence-electron chi connectivity index (χ4n) is 2.74. The normalized spacial score (nSPS) is 22.6. The van der Waals surface area contributed by atoms with Crippen molar-refractivity contribution in [3.05, 3.63) is 28.7 Å². The summed E-state index contributed by atoms with van der Waals surface area (Å²) in [5, 5.41) is 0. The van der Waals surface area contributed by atoms with Crippen LogP contribution < -0.4 is 5.73 Å². The number of hydrogen-bond donors (Lipinski definition) is 1. The highest BCUT2D eigenvalue weighted by atomic mass is 32.2. The number of nitrogens with zero attached hydrogens (tertiary/aromatic N) is 2. The number of likely N-dealkylation sites (N-methyl/N-ethyl adjacent to an activating group) is 1. The van der Waals surface area contributed by atoms with Crippen molar-refractivity contribution >= 4 is 21.6 Å². The largest absolute Gasteiger partial charge is 0.398 e. The lowest BCUT2D eigenvalue weighted by molar-refractivity contribution is 0.166. The molecule has 108 valence electrons. The van der Waals surface area contributed by atoms with E-state index < -0.39 is 9.84 Å². The Labute approximate surface area is 119 Å². The van der Waals surface area contributed by atoms with Crippen LogP contribution in [0.3, 0.4) is 0 Å². The molecule has 20 heavy (non-hydrogen) atoms. The van der Waals surface area contributed by atoms with Gasteiger partial charge in [-0.25, -0.2) is 8.42 Å². The molecule has 0 aliphatic carbocycles. The van der Waals surface area contributed by atoms with E-state index in [0.717, 1.165) is 26.2 Å². The summed E-state index contributed by atoms with van der Waals surface area (Å²) in [6, 6.07) is 5.24. The number of fused-ring (bicyclic) bond motifs is 1. The standard InChI is InChI=1S/C14H19N3O2S/c1-16-5-7-17(8-6-16)10-12-9-11-3-2-4-13(15)14(11)20(12,18)19/h2-4,9H,5-8,10,15H2,1H3. The van der Waals surface area contributed by atoms with Crippen LogP contribution in [0.15, 0.2) is 28.0 Å². The van der Waals surface area contributed by atoms with E-state index in [0.29, 0.717) is 22.7 Å². The lowest BCUT2D eigenvalue weighted by atomic mass is 10.2. The van der Waals surface area contributed by atoms with E-state index in [4.69, 9.17) is 5.73 Å². The summed E-state index contributed by atoms with van der Waals surface area (Å²) in [5.41, 5.74) is 6.89. The Hall–Kier alpha value is -1.37. The molecule has 0 spiro atoms. The molecule has 0 saturated carbocycles. The second kappa shape index (κ2) is 4.87. The summed E-state index contributed by atoms with van der Waals surface area (Å²) in [4.78, 5) is 5.19. The zero-order valence-corrected chi connectivity index (χ0v) is 12.4. The third-order valence-corrected chi connectivity index (χ3v) is 5.93. The highest BCUT2D eigenvalue weighted by Crippen LogP contribution is 2.36. The third kappa shape index (κ3) is 2.24. The molecule has 6 heteroatoms. The summed E-state index contributed by atoms with van der Waals surface area (Å²) in [6.45, 7) is 4.22. The van der Waals surface area contributed by atoms with Crippen molar-refractivity contribution in [1.82, 2.24) is 9.80 Å². The second-order valence-corrected chi connectivity index (χ2v) is 7.40. The van der Waals surface area contributed by atoms with Gasteiger partial charge in [0, 0.05) is 32.7 Å². The molecular weight excluding hydrogens is 274 g/mol. The number of nitrogen functional groups attached to an aromatic ring is 1. The van der Waals surface area contributed by atoms with Crippen LogP contribution >= 0.6 is 0 Å². The molecule has 2 aliphatic heterocycles. The van der Waals surface area contributed by atoms with Gasteiger partial charge < -0.3 is 10.6 Å². The van der Waals surface area contributed by atoms with Crippen LogP contribution in [0.5, 0.6) is 0 Å². The van der Waals surface area contributed by atoms with Gasteiger partial charge in [0.25, 0.3) is 0 Å². The molecule has 0 aromatic heterocycles. The fourth-order valence-corrected chi connectivity index (χ4v) is 4.45. The van der Waals surface area contributed by atoms with Crippen LogP contribution in [0.25, 0.3) is 6.08 Å². The molecule has 0 bridgehead atoms. The molecule has 1 fully saturated rings. The Kier molecular flexibility index (Phi) is 3.32. The van der Waals surface area contributed by atoms with Gasteiger partial charge in [-0.2, -0.15) is 0 Å². The predicted molar refractivity (Wildman–Crippen MR) is 80.0 cm³/mol. The molecule has 0 amide bonds. The van der Waals surface area contributed by atoms with Crippen LogP contribution in [-0.2, 0) is 9.84 Å². The SMILES string of the molecule is CN1CCN(CC2=Cc3cccc(N)c3S2(=O)=O)CC1. The van der Waals surface area contributed by atoms with E-state index in [1.165, 1.54) is 0 Å². The molecule has 5 nitrogen and oxygen atoms in total. The van der Waals surface area contributed by atoms with Crippen molar-refractivity contribution in [2.75, 3.05) is 45.5 Å². The number of piperazine rings is 1. The van der Waals surface area contributed by atoms with Gasteiger partial charge in [-0.1, -0.05) is 12.1 Å². The highest BCUT2D eigenvalue weighted by Gasteiger charge is 2.32. The maximum atomic E-state index is 12.6. The first kappa shape index (κ1) is 13.6. The van der Waals surface area contributed by atoms with Crippen molar-refractivity contribution in [2.24, 2.45) is 0 Å². The second-order valence-electron chi connectivity index (χ2n) is 5.46. The molecule has 2 N–H and O–H groups in total. The molecule has 2 heterocycles. The molecule has 0 radical (unpaired) electrons. The van der Waals surface area contributed by atoms with Gasteiger partial charge in [-0.05, 0) is 24.8 Å². The van der Waals surface area contributed by atoms with E-state index in [1.807, 2.05) is 0 Å². The molecule has 2 aliphatic rings. The van der Waals surface area contributed by atoms with Crippen molar-refractivity contribution in [3.8, 4) is 0 Å². The number of anilines is 1. The van der Waals surface area contributed by atoms with Crippen molar-refractivity contribution in [2.45, 2.75) is 4.90 Å². The van der Waals surface area contributed by atoms with Gasteiger partial charge in [0.15, 0.2) is 0 Å². The van der Waals surface area contributed by atoms with E-state index in [1.54, 1.807) is 24.3 Å². The van der Waals surface area contributed by atoms with Gasteiger partial charge in [-0.15, -0.1) is 0 Å². The van der Waals surface area contributed by atoms with E-state index in [9.17, 15) is 8.42 Å². The first-order valence-electron chi connectivity index (χ1n) is 6.73. The Bertz CT molecular complexity index is 659. The highest BCUT2D eigenvalue weighted by molar-refractivity contribution is 7.96. The summed E-state index contributed by atoms with van der Waals surface area (Å²) >= 11 is 0. The molecule has 0 atom stereocenters. The maximum absolute atomic E-state index is 12.6. The number of sulfone groups is 1. The minimum atomic E-state index is -3.41. The average molecular weight is 293 g/mol. The van der Waals surface area contributed by atoms with Crippen LogP contribution in [0.1, 0.15) is 5.56 Å². The van der Waals surface area contributed by atoms with Gasteiger partial charge in [0.05, 0.1) is 10.6 Å². The number of rotatable bonds is 2. The van der Waals surface area contributed by atoms with Gasteiger partial charge in [0.2, 0.25) is 9.84 Å². The van der Waals surface area contributed by atoms with Crippen LogP contribution in [0.4, 0.5) is 5.69 Å². The average Bonchev–Trinajstić information content (AvgIpc) is 2.65. The number of benzene rings is 1. The molecule has 1 aromatic carbocycles. The summed E-state index contributed by atoms with van der Waals surface area (Å²) < 4.78 is 25.1. The first-order valence-corrected chi connectivity index (χ1v) is 8.22. The van der Waals surface area contributed by atoms with E-state index in [2.05, 4.69) is 16.8 Å². The van der Waals surface area contributed by atoms with Gasteiger partial charge in [-0.3, -0.25) is 4.90 Å². The Morgan fingerprint density at radius 2 is 1.90 bits per heavy atom. The summed E-state index contributed by atoms with van der Waals surface area (Å²) in [5.74, 6) is 0. The van der Waals surface area contributed by atoms with E-state index >= 15 is 0 Å². The van der Waals surface area contributed by atoms with Crippen LogP contribution in [0, 0.1) is 0 Å². The van der Waals surface area contributed by atoms with Crippen molar-refractivity contribution in [1.29, 1.82) is 0 Å². The summed E-state index contributed by atoms with van der Waals surface area (Å²) in [7, 11) is -1.33. The van der Waals surface area contributed by atoms with Crippen molar-refractivity contribution in [3.63, 3.8) is 0 Å². The van der Waals surface area contributed by atoms with Crippen LogP contribution in [-0.4, -0.2) is 58.0 Å². The molecule has 1 saturated heterocycles. The Morgan fingerprint density at radius 3 is 2.55 bits per heavy atom. The van der Waals surface area contributed by atoms with Gasteiger partial charge in [0.1, 0.15) is 4.90 Å².